The molecule has 4 rings (SSSR count). The summed E-state index contributed by atoms with van der Waals surface area (Å²) in [7, 11) is 2.04. The van der Waals surface area contributed by atoms with E-state index in [2.05, 4.69) is 33.7 Å². The normalized spacial score (nSPS) is 10.8. The van der Waals surface area contributed by atoms with Gasteiger partial charge in [0.2, 0.25) is 0 Å². The van der Waals surface area contributed by atoms with E-state index in [1.54, 1.807) is 11.9 Å². The maximum absolute atomic E-state index is 12.5. The number of fused-ring (bicyclic) bond motifs is 1. The fraction of sp³-hybridized carbons (Fsp3) is 0.0455. The molecule has 0 unspecified atom stereocenters. The van der Waals surface area contributed by atoms with Crippen molar-refractivity contribution in [3.63, 3.8) is 0 Å². The average molecular weight is 358 g/mol. The van der Waals surface area contributed by atoms with Gasteiger partial charge in [-0.25, -0.2) is 0 Å². The third kappa shape index (κ3) is 3.24. The van der Waals surface area contributed by atoms with Crippen LogP contribution in [0.1, 0.15) is 15.9 Å². The Bertz CT molecular complexity index is 1050. The molecule has 0 radical (unpaired) electrons. The first-order chi connectivity index (χ1) is 12.7. The smallest absolute Gasteiger partial charge is 0.193 e. The summed E-state index contributed by atoms with van der Waals surface area (Å²) in [5.41, 5.74) is 3.66. The number of anilines is 1. The summed E-state index contributed by atoms with van der Waals surface area (Å²) >= 11 is 1.54. The molecule has 0 saturated carbocycles. The lowest BCUT2D eigenvalue weighted by Crippen LogP contribution is -2.00. The van der Waals surface area contributed by atoms with Crippen molar-refractivity contribution in [3.05, 3.63) is 96.2 Å². The van der Waals surface area contributed by atoms with Crippen LogP contribution in [0.15, 0.2) is 90.0 Å². The molecule has 0 atom stereocenters. The summed E-state index contributed by atoms with van der Waals surface area (Å²) in [5.74, 6) is 0.0451. The number of aryl methyl sites for hydroxylation is 1. The first-order valence-corrected chi connectivity index (χ1v) is 9.21. The number of aromatic nitrogens is 1. The molecule has 0 aliphatic rings. The minimum atomic E-state index is 0.0451. The van der Waals surface area contributed by atoms with Gasteiger partial charge in [0.05, 0.1) is 11.2 Å². The van der Waals surface area contributed by atoms with Gasteiger partial charge in [-0.2, -0.15) is 0 Å². The first kappa shape index (κ1) is 16.5. The Morgan fingerprint density at radius 2 is 1.58 bits per heavy atom. The van der Waals surface area contributed by atoms with Crippen LogP contribution >= 0.6 is 11.9 Å². The number of nitrogens with zero attached hydrogens (tertiary/aromatic N) is 1. The number of hydrogen-bond acceptors (Lipinski definition) is 3. The Morgan fingerprint density at radius 1 is 0.846 bits per heavy atom. The van der Waals surface area contributed by atoms with Gasteiger partial charge < -0.3 is 9.29 Å². The lowest BCUT2D eigenvalue weighted by molar-refractivity contribution is 0.103. The molecule has 0 fully saturated rings. The second kappa shape index (κ2) is 7.10. The van der Waals surface area contributed by atoms with Crippen LogP contribution < -0.4 is 4.72 Å². The zero-order valence-corrected chi connectivity index (χ0v) is 15.2. The van der Waals surface area contributed by atoms with E-state index in [0.29, 0.717) is 11.1 Å². The number of benzene rings is 3. The van der Waals surface area contributed by atoms with Crippen LogP contribution in [0.25, 0.3) is 10.9 Å². The van der Waals surface area contributed by atoms with E-state index in [9.17, 15) is 4.79 Å². The zero-order chi connectivity index (χ0) is 17.9. The number of carbonyl (C=O) groups is 1. The predicted octanol–water partition coefficient (Wildman–Crippen LogP) is 5.53. The van der Waals surface area contributed by atoms with E-state index in [0.717, 1.165) is 10.6 Å². The highest BCUT2D eigenvalue weighted by atomic mass is 32.2. The van der Waals surface area contributed by atoms with Gasteiger partial charge in [-0.15, -0.1) is 0 Å². The molecule has 3 aromatic carbocycles. The summed E-state index contributed by atoms with van der Waals surface area (Å²) in [4.78, 5) is 13.5. The second-order valence-corrected chi connectivity index (χ2v) is 6.97. The third-order valence-electron chi connectivity index (χ3n) is 4.33. The molecule has 0 bridgehead atoms. The Balaban J connectivity index is 1.49. The van der Waals surface area contributed by atoms with Crippen LogP contribution in [-0.4, -0.2) is 10.4 Å². The van der Waals surface area contributed by atoms with E-state index in [4.69, 9.17) is 0 Å². The maximum atomic E-state index is 12.5. The van der Waals surface area contributed by atoms with E-state index in [1.165, 1.54) is 10.9 Å². The van der Waals surface area contributed by atoms with Crippen LogP contribution in [0, 0.1) is 0 Å². The van der Waals surface area contributed by atoms with Gasteiger partial charge >= 0.3 is 0 Å². The number of hydrogen-bond donors (Lipinski definition) is 1. The molecule has 0 amide bonds. The quantitative estimate of drug-likeness (QED) is 0.376. The van der Waals surface area contributed by atoms with Crippen molar-refractivity contribution >= 4 is 34.3 Å². The summed E-state index contributed by atoms with van der Waals surface area (Å²) in [6.45, 7) is 0. The second-order valence-electron chi connectivity index (χ2n) is 6.09. The fourth-order valence-electron chi connectivity index (χ4n) is 2.98. The zero-order valence-electron chi connectivity index (χ0n) is 14.3. The molecular weight excluding hydrogens is 340 g/mol. The van der Waals surface area contributed by atoms with Crippen LogP contribution in [0.2, 0.25) is 0 Å². The SMILES string of the molecule is Cn1ccc2cccc(NSc3ccc(C(=O)c4ccccc4)cc3)c21. The van der Waals surface area contributed by atoms with Crippen molar-refractivity contribution in [1.29, 1.82) is 0 Å². The molecule has 1 heterocycles. The molecule has 4 aromatic rings. The minimum absolute atomic E-state index is 0.0451. The summed E-state index contributed by atoms with van der Waals surface area (Å²) < 4.78 is 5.53. The predicted molar refractivity (Wildman–Crippen MR) is 109 cm³/mol. The molecule has 0 aliphatic heterocycles. The van der Waals surface area contributed by atoms with Gasteiger partial charge in [0, 0.05) is 34.7 Å². The van der Waals surface area contributed by atoms with Crippen LogP contribution in [0.4, 0.5) is 5.69 Å². The van der Waals surface area contributed by atoms with Gasteiger partial charge in [-0.3, -0.25) is 4.79 Å². The van der Waals surface area contributed by atoms with Crippen molar-refractivity contribution < 1.29 is 4.79 Å². The lowest BCUT2D eigenvalue weighted by Gasteiger charge is -2.09. The van der Waals surface area contributed by atoms with Crippen molar-refractivity contribution in [3.8, 4) is 0 Å². The summed E-state index contributed by atoms with van der Waals surface area (Å²) in [5, 5.41) is 1.21. The highest BCUT2D eigenvalue weighted by Gasteiger charge is 2.09. The minimum Gasteiger partial charge on any atom is -0.349 e. The van der Waals surface area contributed by atoms with Crippen LogP contribution in [0.5, 0.6) is 0 Å². The van der Waals surface area contributed by atoms with Crippen molar-refractivity contribution in [2.45, 2.75) is 4.90 Å². The fourth-order valence-corrected chi connectivity index (χ4v) is 3.65. The Hall–Kier alpha value is -2.98. The molecule has 1 N–H and O–H groups in total. The van der Waals surface area contributed by atoms with E-state index < -0.39 is 0 Å². The van der Waals surface area contributed by atoms with Gasteiger partial charge in [-0.05, 0) is 48.3 Å². The van der Waals surface area contributed by atoms with E-state index >= 15 is 0 Å². The van der Waals surface area contributed by atoms with Gasteiger partial charge in [0.25, 0.3) is 0 Å². The van der Waals surface area contributed by atoms with Crippen molar-refractivity contribution in [2.75, 3.05) is 4.72 Å². The number of nitrogens with one attached hydrogen (secondary N) is 1. The highest BCUT2D eigenvalue weighted by Crippen LogP contribution is 2.28. The Morgan fingerprint density at radius 3 is 2.35 bits per heavy atom. The molecule has 4 heteroatoms. The summed E-state index contributed by atoms with van der Waals surface area (Å²) in [6.07, 6.45) is 2.06. The maximum Gasteiger partial charge on any atom is 0.193 e. The standard InChI is InChI=1S/C22H18N2OS/c1-24-15-14-16-8-5-9-20(21(16)24)23-26-19-12-10-18(11-13-19)22(25)17-6-3-2-4-7-17/h2-15,23H,1H3. The number of rotatable bonds is 5. The number of para-hydroxylation sites is 1. The molecule has 128 valence electrons. The van der Waals surface area contributed by atoms with Crippen LogP contribution in [0.3, 0.4) is 0 Å². The number of carbonyl (C=O) groups excluding carboxylic acids is 1. The molecule has 26 heavy (non-hydrogen) atoms. The van der Waals surface area contributed by atoms with Gasteiger partial charge in [0.1, 0.15) is 0 Å². The largest absolute Gasteiger partial charge is 0.349 e. The third-order valence-corrected chi connectivity index (χ3v) is 5.16. The molecular formula is C22H18N2OS. The molecule has 0 spiro atoms. The van der Waals surface area contributed by atoms with Crippen molar-refractivity contribution in [2.24, 2.45) is 7.05 Å². The monoisotopic (exact) mass is 358 g/mol. The first-order valence-electron chi connectivity index (χ1n) is 8.39. The average Bonchev–Trinajstić information content (AvgIpc) is 3.08. The molecule has 0 saturated heterocycles. The Labute approximate surface area is 156 Å². The topological polar surface area (TPSA) is 34.0 Å². The van der Waals surface area contributed by atoms with Crippen LogP contribution in [-0.2, 0) is 7.05 Å². The molecule has 0 aliphatic carbocycles. The molecule has 3 nitrogen and oxygen atoms in total. The van der Waals surface area contributed by atoms with Crippen molar-refractivity contribution in [1.82, 2.24) is 4.57 Å². The highest BCUT2D eigenvalue weighted by molar-refractivity contribution is 8.00. The number of ketones is 1. The summed E-state index contributed by atoms with van der Waals surface area (Å²) in [6, 6.07) is 25.4. The van der Waals surface area contributed by atoms with Gasteiger partial charge in [-0.1, -0.05) is 42.5 Å². The lowest BCUT2D eigenvalue weighted by atomic mass is 10.0. The Kier molecular flexibility index (Phi) is 4.50. The van der Waals surface area contributed by atoms with E-state index in [-0.39, 0.29) is 5.78 Å². The molecule has 1 aromatic heterocycles. The van der Waals surface area contributed by atoms with Gasteiger partial charge in [0.15, 0.2) is 5.78 Å². The van der Waals surface area contributed by atoms with E-state index in [1.807, 2.05) is 67.7 Å².